The van der Waals surface area contributed by atoms with Crippen molar-refractivity contribution in [2.24, 2.45) is 0 Å². The second-order valence-corrected chi connectivity index (χ2v) is 6.96. The van der Waals surface area contributed by atoms with Gasteiger partial charge in [-0.3, -0.25) is 0 Å². The Morgan fingerprint density at radius 2 is 2.14 bits per heavy atom. The van der Waals surface area contributed by atoms with Crippen LogP contribution in [0.3, 0.4) is 0 Å². The first-order valence-corrected chi connectivity index (χ1v) is 8.16. The third-order valence-electron chi connectivity index (χ3n) is 3.70. The number of rotatable bonds is 3. The molecule has 3 heterocycles. The van der Waals surface area contributed by atoms with E-state index >= 15 is 0 Å². The number of nitrogens with zero attached hydrogens (tertiary/aromatic N) is 2. The van der Waals surface area contributed by atoms with Gasteiger partial charge in [0, 0.05) is 12.3 Å². The Morgan fingerprint density at radius 3 is 2.95 bits per heavy atom. The molecule has 1 aromatic carbocycles. The predicted molar refractivity (Wildman–Crippen MR) is 90.6 cm³/mol. The number of aromatic nitrogens is 2. The fourth-order valence-corrected chi connectivity index (χ4v) is 3.70. The van der Waals surface area contributed by atoms with Crippen LogP contribution in [0.2, 0.25) is 4.34 Å². The summed E-state index contributed by atoms with van der Waals surface area (Å²) in [5, 5.41) is 5.43. The van der Waals surface area contributed by atoms with Crippen LogP contribution in [0.15, 0.2) is 53.2 Å². The van der Waals surface area contributed by atoms with Gasteiger partial charge in [0.1, 0.15) is 5.69 Å². The summed E-state index contributed by atoms with van der Waals surface area (Å²) >= 11 is 7.46. The summed E-state index contributed by atoms with van der Waals surface area (Å²) < 4.78 is 8.40. The lowest BCUT2D eigenvalue weighted by Crippen LogP contribution is -1.98. The van der Waals surface area contributed by atoms with Gasteiger partial charge in [-0.1, -0.05) is 35.0 Å². The van der Waals surface area contributed by atoms with Crippen LogP contribution in [0.25, 0.3) is 21.5 Å². The van der Waals surface area contributed by atoms with Crippen LogP contribution in [0.1, 0.15) is 11.3 Å². The SMILES string of the molecule is Cc1cccc2ccn(Cc3cc(-c4ccc(Cl)s4)on3)c12. The molecule has 0 atom stereocenters. The van der Waals surface area contributed by atoms with Crippen molar-refractivity contribution in [2.45, 2.75) is 13.5 Å². The molecule has 0 saturated carbocycles. The molecule has 0 spiro atoms. The number of fused-ring (bicyclic) bond motifs is 1. The highest BCUT2D eigenvalue weighted by molar-refractivity contribution is 7.19. The summed E-state index contributed by atoms with van der Waals surface area (Å²) in [7, 11) is 0. The first-order valence-electron chi connectivity index (χ1n) is 6.96. The predicted octanol–water partition coefficient (Wildman–Crippen LogP) is 5.37. The van der Waals surface area contributed by atoms with E-state index in [1.54, 1.807) is 0 Å². The Kier molecular flexibility index (Phi) is 3.28. The third-order valence-corrected chi connectivity index (χ3v) is 4.94. The van der Waals surface area contributed by atoms with Crippen LogP contribution in [0.4, 0.5) is 0 Å². The van der Waals surface area contributed by atoms with Gasteiger partial charge >= 0.3 is 0 Å². The maximum absolute atomic E-state index is 5.97. The van der Waals surface area contributed by atoms with E-state index in [-0.39, 0.29) is 0 Å². The highest BCUT2D eigenvalue weighted by Crippen LogP contribution is 2.31. The highest BCUT2D eigenvalue weighted by Gasteiger charge is 2.11. The number of para-hydroxylation sites is 1. The number of aryl methyl sites for hydroxylation is 1. The molecule has 0 saturated heterocycles. The topological polar surface area (TPSA) is 31.0 Å². The zero-order chi connectivity index (χ0) is 15.1. The van der Waals surface area contributed by atoms with Gasteiger partial charge in [0.05, 0.1) is 21.3 Å². The molecule has 4 rings (SSSR count). The summed E-state index contributed by atoms with van der Waals surface area (Å²) in [6.45, 7) is 2.82. The molecule has 0 unspecified atom stereocenters. The van der Waals surface area contributed by atoms with Crippen molar-refractivity contribution < 1.29 is 4.52 Å². The Balaban J connectivity index is 1.67. The van der Waals surface area contributed by atoms with Crippen molar-refractivity contribution in [3.8, 4) is 10.6 Å². The zero-order valence-corrected chi connectivity index (χ0v) is 13.5. The monoisotopic (exact) mass is 328 g/mol. The van der Waals surface area contributed by atoms with Gasteiger partial charge in [0.25, 0.3) is 0 Å². The molecule has 110 valence electrons. The Labute approximate surface area is 136 Å². The molecule has 3 aromatic heterocycles. The number of hydrogen-bond donors (Lipinski definition) is 0. The highest BCUT2D eigenvalue weighted by atomic mass is 35.5. The summed E-state index contributed by atoms with van der Waals surface area (Å²) in [6, 6.07) is 14.3. The van der Waals surface area contributed by atoms with Crippen molar-refractivity contribution in [3.05, 3.63) is 64.3 Å². The molecular formula is C17H13ClN2OS. The van der Waals surface area contributed by atoms with Crippen LogP contribution >= 0.6 is 22.9 Å². The van der Waals surface area contributed by atoms with Crippen molar-refractivity contribution in [2.75, 3.05) is 0 Å². The molecule has 0 aliphatic carbocycles. The molecule has 22 heavy (non-hydrogen) atoms. The minimum atomic E-state index is 0.691. The number of benzene rings is 1. The third kappa shape index (κ3) is 2.34. The normalized spacial score (nSPS) is 11.4. The fraction of sp³-hybridized carbons (Fsp3) is 0.118. The van der Waals surface area contributed by atoms with Gasteiger partial charge in [-0.15, -0.1) is 11.3 Å². The van der Waals surface area contributed by atoms with Crippen LogP contribution < -0.4 is 0 Å². The van der Waals surface area contributed by atoms with Crippen LogP contribution in [-0.4, -0.2) is 9.72 Å². The van der Waals surface area contributed by atoms with E-state index in [1.807, 2.05) is 18.2 Å². The van der Waals surface area contributed by atoms with E-state index in [9.17, 15) is 0 Å². The second-order valence-electron chi connectivity index (χ2n) is 5.24. The van der Waals surface area contributed by atoms with E-state index in [0.717, 1.165) is 20.7 Å². The Bertz CT molecular complexity index is 951. The first-order chi connectivity index (χ1) is 10.7. The number of halogens is 1. The summed E-state index contributed by atoms with van der Waals surface area (Å²) in [5.41, 5.74) is 3.41. The van der Waals surface area contributed by atoms with E-state index in [2.05, 4.69) is 47.1 Å². The number of thiophene rings is 1. The largest absolute Gasteiger partial charge is 0.355 e. The summed E-state index contributed by atoms with van der Waals surface area (Å²) in [5.74, 6) is 0.764. The molecule has 0 bridgehead atoms. The van der Waals surface area contributed by atoms with E-state index in [0.29, 0.717) is 6.54 Å². The molecule has 0 amide bonds. The van der Waals surface area contributed by atoms with E-state index < -0.39 is 0 Å². The molecule has 0 fully saturated rings. The molecule has 4 aromatic rings. The Hall–Kier alpha value is -2.04. The standard InChI is InChI=1S/C17H13ClN2OS/c1-11-3-2-4-12-7-8-20(17(11)12)10-13-9-14(21-19-13)15-5-6-16(18)22-15/h2-9H,10H2,1H3. The average molecular weight is 329 g/mol. The average Bonchev–Trinajstić information content (AvgIpc) is 3.20. The summed E-state index contributed by atoms with van der Waals surface area (Å²) in [6.07, 6.45) is 2.09. The van der Waals surface area contributed by atoms with Gasteiger partial charge in [-0.25, -0.2) is 0 Å². The van der Waals surface area contributed by atoms with Crippen molar-refractivity contribution >= 4 is 33.8 Å². The molecule has 0 N–H and O–H groups in total. The second kappa shape index (κ2) is 5.30. The minimum absolute atomic E-state index is 0.691. The lowest BCUT2D eigenvalue weighted by atomic mass is 10.2. The van der Waals surface area contributed by atoms with Crippen LogP contribution in [0.5, 0.6) is 0 Å². The van der Waals surface area contributed by atoms with Crippen molar-refractivity contribution in [3.63, 3.8) is 0 Å². The van der Waals surface area contributed by atoms with E-state index in [1.165, 1.54) is 27.8 Å². The maximum atomic E-state index is 5.97. The molecule has 0 radical (unpaired) electrons. The quantitative estimate of drug-likeness (QED) is 0.506. The molecule has 0 aliphatic heterocycles. The summed E-state index contributed by atoms with van der Waals surface area (Å²) in [4.78, 5) is 0.997. The van der Waals surface area contributed by atoms with Crippen molar-refractivity contribution in [1.82, 2.24) is 9.72 Å². The lowest BCUT2D eigenvalue weighted by Gasteiger charge is -2.04. The van der Waals surface area contributed by atoms with Gasteiger partial charge in [-0.05, 0) is 36.1 Å². The van der Waals surface area contributed by atoms with Gasteiger partial charge in [0.2, 0.25) is 0 Å². The number of hydrogen-bond acceptors (Lipinski definition) is 3. The zero-order valence-electron chi connectivity index (χ0n) is 11.9. The van der Waals surface area contributed by atoms with Gasteiger partial charge in [-0.2, -0.15) is 0 Å². The minimum Gasteiger partial charge on any atom is -0.355 e. The van der Waals surface area contributed by atoms with E-state index in [4.69, 9.17) is 16.1 Å². The van der Waals surface area contributed by atoms with Crippen LogP contribution in [0, 0.1) is 6.92 Å². The Morgan fingerprint density at radius 1 is 1.23 bits per heavy atom. The smallest absolute Gasteiger partial charge is 0.177 e. The van der Waals surface area contributed by atoms with Crippen LogP contribution in [-0.2, 0) is 6.54 Å². The van der Waals surface area contributed by atoms with Gasteiger partial charge in [0.15, 0.2) is 5.76 Å². The lowest BCUT2D eigenvalue weighted by molar-refractivity contribution is 0.422. The van der Waals surface area contributed by atoms with Crippen molar-refractivity contribution in [1.29, 1.82) is 0 Å². The maximum Gasteiger partial charge on any atom is 0.177 e. The molecule has 0 aliphatic rings. The van der Waals surface area contributed by atoms with Gasteiger partial charge < -0.3 is 9.09 Å². The first kappa shape index (κ1) is 13.6. The molecule has 3 nitrogen and oxygen atoms in total. The molecular weight excluding hydrogens is 316 g/mol. The molecule has 5 heteroatoms. The fourth-order valence-electron chi connectivity index (χ4n) is 2.71.